The first-order valence-corrected chi connectivity index (χ1v) is 14.6. The molecule has 13 heteroatoms. The molecule has 0 aliphatic heterocycles. The first-order chi connectivity index (χ1) is 12.1. The Bertz CT molecular complexity index is 550. The zero-order chi connectivity index (χ0) is 20.5. The van der Waals surface area contributed by atoms with Gasteiger partial charge in [0.05, 0.1) is 13.1 Å². The first kappa shape index (κ1) is 31.3. The summed E-state index contributed by atoms with van der Waals surface area (Å²) in [6, 6.07) is 0. The molecule has 0 amide bonds. The summed E-state index contributed by atoms with van der Waals surface area (Å²) in [5.74, 6) is 0. The van der Waals surface area contributed by atoms with Gasteiger partial charge in [0.1, 0.15) is 0 Å². The second-order valence-corrected chi connectivity index (χ2v) is 12.6. The Balaban J connectivity index is -0.000000303. The number of hydrogen-bond acceptors (Lipinski definition) is 8. The monoisotopic (exact) mass is 542 g/mol. The van der Waals surface area contributed by atoms with E-state index >= 15 is 0 Å². The number of aromatic nitrogens is 8. The zero-order valence-electron chi connectivity index (χ0n) is 16.7. The Morgan fingerprint density at radius 2 is 1.04 bits per heavy atom. The maximum atomic E-state index is 4.73. The second-order valence-electron chi connectivity index (χ2n) is 5.86. The van der Waals surface area contributed by atoms with Crippen molar-refractivity contribution in [3.63, 3.8) is 0 Å². The van der Waals surface area contributed by atoms with Gasteiger partial charge in [0.2, 0.25) is 0 Å². The molecule has 0 bridgehead atoms. The fraction of sp³-hybridized carbons (Fsp3) is 0.571. The molecule has 0 aliphatic rings. The Hall–Kier alpha value is -0.418. The van der Waals surface area contributed by atoms with Crippen molar-refractivity contribution >= 4 is 41.1 Å². The van der Waals surface area contributed by atoms with E-state index in [2.05, 4.69) is 84.2 Å². The van der Waals surface area contributed by atoms with E-state index in [1.807, 2.05) is 0 Å². The molecule has 0 saturated carbocycles. The van der Waals surface area contributed by atoms with E-state index < -0.39 is 0 Å². The van der Waals surface area contributed by atoms with Crippen LogP contribution in [0.4, 0.5) is 0 Å². The minimum atomic E-state index is 0. The summed E-state index contributed by atoms with van der Waals surface area (Å²) in [6.07, 6.45) is 3.37. The topological polar surface area (TPSA) is 87.2 Å². The van der Waals surface area contributed by atoms with Crippen molar-refractivity contribution in [1.29, 1.82) is 0 Å². The largest absolute Gasteiger partial charge is 2.00 e. The molecule has 2 rings (SSSR count). The van der Waals surface area contributed by atoms with Gasteiger partial charge in [-0.2, -0.15) is 0 Å². The van der Waals surface area contributed by atoms with Crippen LogP contribution >= 0.6 is 15.8 Å². The number of tetrazole rings is 2. The standard InChI is InChI=1S/2C4H6N4S.2C3H9P.Pd/c2*1-2-3-8-4(9)5-6-7-8;2*1-4(2)3;/h2*2H,1,3H2,(H,5,7,9);2*1-3H3;/q;;;;+2. The molecule has 2 aromatic heterocycles. The van der Waals surface area contributed by atoms with Crippen LogP contribution in [0.5, 0.6) is 0 Å². The number of nitrogens with zero attached hydrogens (tertiary/aromatic N) is 8. The van der Waals surface area contributed by atoms with Crippen molar-refractivity contribution in [3.8, 4) is 0 Å². The molecule has 27 heavy (non-hydrogen) atoms. The van der Waals surface area contributed by atoms with Gasteiger partial charge in [0.15, 0.2) is 0 Å². The van der Waals surface area contributed by atoms with Crippen molar-refractivity contribution in [2.75, 3.05) is 40.0 Å². The minimum absolute atomic E-state index is 0. The van der Waals surface area contributed by atoms with E-state index in [1.165, 1.54) is 9.36 Å². The first-order valence-electron chi connectivity index (χ1n) is 7.77. The van der Waals surface area contributed by atoms with E-state index in [-0.39, 0.29) is 36.3 Å². The number of rotatable bonds is 4. The van der Waals surface area contributed by atoms with Crippen LogP contribution in [0.1, 0.15) is 0 Å². The third-order valence-electron chi connectivity index (χ3n) is 1.60. The van der Waals surface area contributed by atoms with Gasteiger partial charge in [-0.05, 0) is 36.7 Å². The van der Waals surface area contributed by atoms with Crippen molar-refractivity contribution < 1.29 is 20.4 Å². The summed E-state index contributed by atoms with van der Waals surface area (Å²) in [5, 5.41) is 21.7. The fourth-order valence-electron chi connectivity index (χ4n) is 0.867. The molecule has 2 heterocycles. The zero-order valence-corrected chi connectivity index (χ0v) is 21.9. The van der Waals surface area contributed by atoms with Gasteiger partial charge in [-0.15, -0.1) is 23.4 Å². The summed E-state index contributed by atoms with van der Waals surface area (Å²) >= 11 is 9.46. The fourth-order valence-corrected chi connectivity index (χ4v) is 1.16. The molecule has 0 spiro atoms. The molecule has 0 aromatic carbocycles. The van der Waals surface area contributed by atoms with Crippen LogP contribution in [-0.4, -0.2) is 80.4 Å². The molecule has 0 unspecified atom stereocenters. The SMILES string of the molecule is C=CCn1nnnc1[S-].C=CCn1nnnc1[S-].C[PH+](C)C.C[PH+](C)C.[Pd+2]. The quantitative estimate of drug-likeness (QED) is 0.250. The van der Waals surface area contributed by atoms with Gasteiger partial charge >= 0.3 is 20.4 Å². The number of allylic oxidation sites excluding steroid dienone is 2. The summed E-state index contributed by atoms with van der Waals surface area (Å²) in [7, 11) is 0.241. The summed E-state index contributed by atoms with van der Waals surface area (Å²) in [4.78, 5) is 0. The third kappa shape index (κ3) is 21.7. The summed E-state index contributed by atoms with van der Waals surface area (Å²) < 4.78 is 2.98. The minimum Gasteiger partial charge on any atom is -0.739 e. The van der Waals surface area contributed by atoms with Gasteiger partial charge in [0, 0.05) is 50.3 Å². The molecule has 0 atom stereocenters. The third-order valence-corrected chi connectivity index (χ3v) is 2.19. The molecule has 0 radical (unpaired) electrons. The van der Waals surface area contributed by atoms with E-state index in [0.29, 0.717) is 23.4 Å². The van der Waals surface area contributed by atoms with Crippen LogP contribution < -0.4 is 0 Å². The molecule has 8 nitrogen and oxygen atoms in total. The van der Waals surface area contributed by atoms with Crippen LogP contribution in [-0.2, 0) is 58.8 Å². The molecule has 156 valence electrons. The molecule has 0 saturated heterocycles. The van der Waals surface area contributed by atoms with E-state index in [4.69, 9.17) is 25.3 Å². The molecule has 0 N–H and O–H groups in total. The molecular formula is C14H30N8P2PdS2+2. The maximum absolute atomic E-state index is 4.73. The molecule has 0 fully saturated rings. The molecule has 0 aliphatic carbocycles. The van der Waals surface area contributed by atoms with Crippen LogP contribution in [0.3, 0.4) is 0 Å². The predicted octanol–water partition coefficient (Wildman–Crippen LogP) is 1.71. The van der Waals surface area contributed by atoms with Crippen molar-refractivity contribution in [2.24, 2.45) is 0 Å². The van der Waals surface area contributed by atoms with Crippen molar-refractivity contribution in [2.45, 2.75) is 23.4 Å². The second kappa shape index (κ2) is 20.3. The van der Waals surface area contributed by atoms with Gasteiger partial charge in [-0.3, -0.25) is 0 Å². The van der Waals surface area contributed by atoms with Crippen molar-refractivity contribution in [1.82, 2.24) is 40.4 Å². The van der Waals surface area contributed by atoms with Gasteiger partial charge < -0.3 is 25.3 Å². The van der Waals surface area contributed by atoms with E-state index in [0.717, 1.165) is 0 Å². The Kier molecular flexibility index (Phi) is 23.5. The Morgan fingerprint density at radius 1 is 0.778 bits per heavy atom. The van der Waals surface area contributed by atoms with Gasteiger partial charge in [-0.1, -0.05) is 12.2 Å². The Labute approximate surface area is 190 Å². The van der Waals surface area contributed by atoms with Gasteiger partial charge in [0.25, 0.3) is 0 Å². The summed E-state index contributed by atoms with van der Waals surface area (Å²) in [5.41, 5.74) is 0. The van der Waals surface area contributed by atoms with Crippen LogP contribution in [0, 0.1) is 0 Å². The van der Waals surface area contributed by atoms with E-state index in [1.54, 1.807) is 12.2 Å². The predicted molar refractivity (Wildman–Crippen MR) is 119 cm³/mol. The summed E-state index contributed by atoms with van der Waals surface area (Å²) in [6.45, 7) is 21.8. The van der Waals surface area contributed by atoms with E-state index in [9.17, 15) is 0 Å². The average molecular weight is 543 g/mol. The molecular weight excluding hydrogens is 513 g/mol. The Morgan fingerprint density at radius 3 is 1.19 bits per heavy atom. The number of hydrogen-bond donors (Lipinski definition) is 0. The van der Waals surface area contributed by atoms with Crippen LogP contribution in [0.25, 0.3) is 0 Å². The van der Waals surface area contributed by atoms with Crippen LogP contribution in [0.15, 0.2) is 35.6 Å². The van der Waals surface area contributed by atoms with Crippen LogP contribution in [0.2, 0.25) is 0 Å². The van der Waals surface area contributed by atoms with Crippen molar-refractivity contribution in [3.05, 3.63) is 25.3 Å². The average Bonchev–Trinajstić information content (AvgIpc) is 3.09. The smallest absolute Gasteiger partial charge is 0.739 e. The normalized spacial score (nSPS) is 8.89. The van der Waals surface area contributed by atoms with Gasteiger partial charge in [-0.25, -0.2) is 9.36 Å². The molecule has 2 aromatic rings. The maximum Gasteiger partial charge on any atom is 2.00 e.